The molecule has 0 aromatic heterocycles. The molecule has 0 fully saturated rings. The molecule has 2 nitrogen and oxygen atoms in total. The molecule has 2 rings (SSSR count). The Morgan fingerprint density at radius 1 is 1.10 bits per heavy atom. The van der Waals surface area contributed by atoms with Crippen LogP contribution in [0.3, 0.4) is 0 Å². The fourth-order valence-electron chi connectivity index (χ4n) is 1.93. The smallest absolute Gasteiger partial charge is 0.264 e. The number of carbonyl (C=O) groups is 1. The van der Waals surface area contributed by atoms with E-state index in [0.29, 0.717) is 17.8 Å². The van der Waals surface area contributed by atoms with Crippen LogP contribution in [0.15, 0.2) is 41.3 Å². The predicted molar refractivity (Wildman–Crippen MR) is 77.3 cm³/mol. The maximum Gasteiger partial charge on any atom is 0.264 e. The Kier molecular flexibility index (Phi) is 4.57. The number of carbonyl (C=O) groups excluding carboxylic acids is 1. The first kappa shape index (κ1) is 15.4. The summed E-state index contributed by atoms with van der Waals surface area (Å²) in [6, 6.07) is 7.96. The lowest BCUT2D eigenvalue weighted by Crippen LogP contribution is -2.28. The topological polar surface area (TPSA) is 20.3 Å². The minimum absolute atomic E-state index is 0.491. The molecule has 0 heterocycles. The lowest BCUT2D eigenvalue weighted by molar-refractivity contribution is 0.0984. The van der Waals surface area contributed by atoms with Gasteiger partial charge in [0.1, 0.15) is 23.0 Å². The summed E-state index contributed by atoms with van der Waals surface area (Å²) in [6.45, 7) is 0. The third-order valence-corrected chi connectivity index (χ3v) is 3.76. The molecule has 0 atom stereocenters. The van der Waals surface area contributed by atoms with Crippen molar-refractivity contribution in [1.82, 2.24) is 0 Å². The van der Waals surface area contributed by atoms with Gasteiger partial charge in [-0.1, -0.05) is 12.1 Å². The van der Waals surface area contributed by atoms with Crippen LogP contribution in [-0.2, 0) is 0 Å². The van der Waals surface area contributed by atoms with Gasteiger partial charge in [0.15, 0.2) is 0 Å². The van der Waals surface area contributed by atoms with E-state index in [9.17, 15) is 18.0 Å². The molecule has 1 amide bonds. The van der Waals surface area contributed by atoms with Crippen molar-refractivity contribution in [2.24, 2.45) is 0 Å². The summed E-state index contributed by atoms with van der Waals surface area (Å²) in [5, 5.41) is 0. The quantitative estimate of drug-likeness (QED) is 0.795. The van der Waals surface area contributed by atoms with Crippen LogP contribution < -0.4 is 4.90 Å². The highest BCUT2D eigenvalue weighted by Gasteiger charge is 2.24. The van der Waals surface area contributed by atoms with Crippen LogP contribution in [0.1, 0.15) is 10.4 Å². The van der Waals surface area contributed by atoms with Crippen LogP contribution in [0.4, 0.5) is 18.9 Å². The number of hydrogen-bond donors (Lipinski definition) is 0. The molecular formula is C15H12F3NOS. The van der Waals surface area contributed by atoms with E-state index in [1.807, 2.05) is 6.26 Å². The van der Waals surface area contributed by atoms with E-state index < -0.39 is 28.9 Å². The summed E-state index contributed by atoms with van der Waals surface area (Å²) in [7, 11) is 1.42. The number of anilines is 1. The van der Waals surface area contributed by atoms with Crippen LogP contribution in [-0.4, -0.2) is 19.2 Å². The third-order valence-electron chi connectivity index (χ3n) is 2.97. The Bertz CT molecular complexity index is 667. The van der Waals surface area contributed by atoms with Crippen molar-refractivity contribution in [1.29, 1.82) is 0 Å². The van der Waals surface area contributed by atoms with Crippen molar-refractivity contribution in [2.75, 3.05) is 18.2 Å². The molecule has 0 bridgehead atoms. The molecule has 0 radical (unpaired) electrons. The second-order valence-corrected chi connectivity index (χ2v) is 5.13. The van der Waals surface area contributed by atoms with Gasteiger partial charge in [-0.3, -0.25) is 4.79 Å². The van der Waals surface area contributed by atoms with Gasteiger partial charge in [-0.2, -0.15) is 0 Å². The maximum absolute atomic E-state index is 13.7. The average molecular weight is 311 g/mol. The Balaban J connectivity index is 2.45. The molecule has 0 aliphatic heterocycles. The minimum Gasteiger partial charge on any atom is -0.310 e. The van der Waals surface area contributed by atoms with Crippen LogP contribution in [0.2, 0.25) is 0 Å². The fourth-order valence-corrected chi connectivity index (χ4v) is 2.56. The molecule has 110 valence electrons. The SMILES string of the molecule is CSc1ccccc1N(C)C(=O)c1c(F)cc(F)cc1F. The minimum atomic E-state index is -1.22. The van der Waals surface area contributed by atoms with Gasteiger partial charge in [0.05, 0.1) is 5.69 Å². The normalized spacial score (nSPS) is 10.5. The van der Waals surface area contributed by atoms with E-state index in [0.717, 1.165) is 9.80 Å². The van der Waals surface area contributed by atoms with E-state index in [1.54, 1.807) is 24.3 Å². The first-order valence-corrected chi connectivity index (χ1v) is 7.23. The van der Waals surface area contributed by atoms with Gasteiger partial charge in [-0.15, -0.1) is 11.8 Å². The second-order valence-electron chi connectivity index (χ2n) is 4.28. The van der Waals surface area contributed by atoms with Crippen LogP contribution >= 0.6 is 11.8 Å². The molecule has 0 saturated carbocycles. The summed E-state index contributed by atoms with van der Waals surface area (Å²) < 4.78 is 40.3. The molecular weight excluding hydrogens is 299 g/mol. The molecule has 0 aliphatic carbocycles. The number of hydrogen-bond acceptors (Lipinski definition) is 2. The number of halogens is 3. The number of nitrogens with zero attached hydrogens (tertiary/aromatic N) is 1. The molecule has 0 unspecified atom stereocenters. The first-order chi connectivity index (χ1) is 9.95. The zero-order chi connectivity index (χ0) is 15.6. The zero-order valence-corrected chi connectivity index (χ0v) is 12.2. The Morgan fingerprint density at radius 2 is 1.67 bits per heavy atom. The second kappa shape index (κ2) is 6.22. The van der Waals surface area contributed by atoms with E-state index in [1.165, 1.54) is 18.8 Å². The predicted octanol–water partition coefficient (Wildman–Crippen LogP) is 4.10. The van der Waals surface area contributed by atoms with Crippen molar-refractivity contribution in [3.05, 3.63) is 59.4 Å². The van der Waals surface area contributed by atoms with E-state index in [2.05, 4.69) is 0 Å². The summed E-state index contributed by atoms with van der Waals surface area (Å²) in [6.07, 6.45) is 1.83. The lowest BCUT2D eigenvalue weighted by atomic mass is 10.1. The zero-order valence-electron chi connectivity index (χ0n) is 11.4. The molecule has 6 heteroatoms. The summed E-state index contributed by atoms with van der Waals surface area (Å²) in [5.41, 5.74) is -0.243. The van der Waals surface area contributed by atoms with Gasteiger partial charge in [0.25, 0.3) is 5.91 Å². The standard InChI is InChI=1S/C15H12F3NOS/c1-19(12-5-3-4-6-13(12)21-2)15(20)14-10(17)7-9(16)8-11(14)18/h3-8H,1-2H3. The molecule has 21 heavy (non-hydrogen) atoms. The monoisotopic (exact) mass is 311 g/mol. The highest BCUT2D eigenvalue weighted by atomic mass is 32.2. The molecule has 0 aliphatic rings. The molecule has 0 spiro atoms. The van der Waals surface area contributed by atoms with Crippen molar-refractivity contribution < 1.29 is 18.0 Å². The number of thioether (sulfide) groups is 1. The summed E-state index contributed by atoms with van der Waals surface area (Å²) in [4.78, 5) is 14.2. The number of benzene rings is 2. The van der Waals surface area contributed by atoms with E-state index in [-0.39, 0.29) is 0 Å². The van der Waals surface area contributed by atoms with Gasteiger partial charge < -0.3 is 4.90 Å². The number of para-hydroxylation sites is 1. The molecule has 0 N–H and O–H groups in total. The third kappa shape index (κ3) is 3.05. The van der Waals surface area contributed by atoms with Crippen molar-refractivity contribution >= 4 is 23.4 Å². The van der Waals surface area contributed by atoms with Crippen molar-refractivity contribution in [3.63, 3.8) is 0 Å². The fraction of sp³-hybridized carbons (Fsp3) is 0.133. The maximum atomic E-state index is 13.7. The molecule has 2 aromatic rings. The number of amides is 1. The summed E-state index contributed by atoms with van der Waals surface area (Å²) in [5.74, 6) is -4.36. The van der Waals surface area contributed by atoms with Crippen LogP contribution in [0.5, 0.6) is 0 Å². The van der Waals surface area contributed by atoms with Gasteiger partial charge in [0, 0.05) is 24.1 Å². The van der Waals surface area contributed by atoms with Gasteiger partial charge >= 0.3 is 0 Å². The Morgan fingerprint density at radius 3 is 2.24 bits per heavy atom. The average Bonchev–Trinajstić information content (AvgIpc) is 2.45. The molecule has 0 saturated heterocycles. The van der Waals surface area contributed by atoms with Gasteiger partial charge in [0.2, 0.25) is 0 Å². The van der Waals surface area contributed by atoms with Gasteiger partial charge in [-0.25, -0.2) is 13.2 Å². The lowest BCUT2D eigenvalue weighted by Gasteiger charge is -2.20. The van der Waals surface area contributed by atoms with Crippen LogP contribution in [0, 0.1) is 17.5 Å². The summed E-state index contributed by atoms with van der Waals surface area (Å²) >= 11 is 1.41. The Hall–Kier alpha value is -1.95. The van der Waals surface area contributed by atoms with E-state index in [4.69, 9.17) is 0 Å². The van der Waals surface area contributed by atoms with Crippen molar-refractivity contribution in [2.45, 2.75) is 4.90 Å². The van der Waals surface area contributed by atoms with E-state index >= 15 is 0 Å². The highest BCUT2D eigenvalue weighted by Crippen LogP contribution is 2.29. The largest absolute Gasteiger partial charge is 0.310 e. The molecule has 2 aromatic carbocycles. The van der Waals surface area contributed by atoms with Crippen LogP contribution in [0.25, 0.3) is 0 Å². The van der Waals surface area contributed by atoms with Crippen molar-refractivity contribution in [3.8, 4) is 0 Å². The highest BCUT2D eigenvalue weighted by molar-refractivity contribution is 7.98. The van der Waals surface area contributed by atoms with Gasteiger partial charge in [-0.05, 0) is 18.4 Å². The Labute approximate surface area is 124 Å². The number of rotatable bonds is 3. The first-order valence-electron chi connectivity index (χ1n) is 6.01.